The van der Waals surface area contributed by atoms with Gasteiger partial charge >= 0.3 is 5.97 Å². The highest BCUT2D eigenvalue weighted by molar-refractivity contribution is 5.88. The average Bonchev–Trinajstić information content (AvgIpc) is 2.78. The molecular formula is C22H23N3O6. The Morgan fingerprint density at radius 2 is 1.81 bits per heavy atom. The highest BCUT2D eigenvalue weighted by Crippen LogP contribution is 2.30. The van der Waals surface area contributed by atoms with E-state index >= 15 is 0 Å². The molecule has 0 saturated heterocycles. The first-order valence-corrected chi connectivity index (χ1v) is 9.46. The van der Waals surface area contributed by atoms with Gasteiger partial charge in [-0.15, -0.1) is 0 Å². The van der Waals surface area contributed by atoms with Crippen LogP contribution in [0.2, 0.25) is 0 Å². The summed E-state index contributed by atoms with van der Waals surface area (Å²) in [6.45, 7) is 2.62. The van der Waals surface area contributed by atoms with E-state index in [4.69, 9.17) is 18.9 Å². The van der Waals surface area contributed by atoms with Crippen molar-refractivity contribution in [2.75, 3.05) is 27.4 Å². The van der Waals surface area contributed by atoms with E-state index in [1.54, 1.807) is 33.4 Å². The summed E-state index contributed by atoms with van der Waals surface area (Å²) in [7, 11) is 3.19. The minimum absolute atomic E-state index is 0.0398. The molecule has 162 valence electrons. The SMILES string of the molecule is COCCOc1cc(OCc2ccc(OC)cc2)ncc1-c1ncc(C(=O)O)c(C)n1. The molecule has 1 N–H and O–H groups in total. The lowest BCUT2D eigenvalue weighted by atomic mass is 10.2. The summed E-state index contributed by atoms with van der Waals surface area (Å²) in [5, 5.41) is 9.19. The van der Waals surface area contributed by atoms with Crippen LogP contribution in [0.5, 0.6) is 17.4 Å². The van der Waals surface area contributed by atoms with Crippen molar-refractivity contribution < 1.29 is 28.8 Å². The van der Waals surface area contributed by atoms with Gasteiger partial charge < -0.3 is 24.1 Å². The Morgan fingerprint density at radius 3 is 2.45 bits per heavy atom. The number of ether oxygens (including phenoxy) is 4. The molecule has 9 heteroatoms. The van der Waals surface area contributed by atoms with Gasteiger partial charge in [-0.1, -0.05) is 12.1 Å². The van der Waals surface area contributed by atoms with Crippen molar-refractivity contribution in [3.63, 3.8) is 0 Å². The van der Waals surface area contributed by atoms with Crippen molar-refractivity contribution in [1.82, 2.24) is 15.0 Å². The summed E-state index contributed by atoms with van der Waals surface area (Å²) in [4.78, 5) is 24.0. The number of pyridine rings is 1. The van der Waals surface area contributed by atoms with Crippen molar-refractivity contribution in [2.24, 2.45) is 0 Å². The van der Waals surface area contributed by atoms with Crippen LogP contribution in [0.1, 0.15) is 21.6 Å². The van der Waals surface area contributed by atoms with Crippen LogP contribution in [-0.4, -0.2) is 53.5 Å². The Balaban J connectivity index is 1.83. The summed E-state index contributed by atoms with van der Waals surface area (Å²) in [5.74, 6) is 0.819. The van der Waals surface area contributed by atoms with Crippen LogP contribution in [0, 0.1) is 6.92 Å². The summed E-state index contributed by atoms with van der Waals surface area (Å²) >= 11 is 0. The van der Waals surface area contributed by atoms with Gasteiger partial charge in [0.1, 0.15) is 24.7 Å². The smallest absolute Gasteiger partial charge is 0.339 e. The second-order valence-corrected chi connectivity index (χ2v) is 6.49. The van der Waals surface area contributed by atoms with E-state index < -0.39 is 5.97 Å². The standard InChI is InChI=1S/C22H23N3O6/c1-14-17(22(26)27)11-24-21(25-14)18-12-23-20(10-19(18)30-9-8-28-2)31-13-15-4-6-16(29-3)7-5-15/h4-7,10-12H,8-9,13H2,1-3H3,(H,26,27). The quantitative estimate of drug-likeness (QED) is 0.489. The number of carboxylic acid groups (broad SMARTS) is 1. The first kappa shape index (κ1) is 22.0. The molecule has 2 aromatic heterocycles. The maximum atomic E-state index is 11.2. The molecule has 1 aromatic carbocycles. The van der Waals surface area contributed by atoms with Gasteiger partial charge in [-0.2, -0.15) is 0 Å². The zero-order valence-corrected chi connectivity index (χ0v) is 17.5. The van der Waals surface area contributed by atoms with Gasteiger partial charge in [0.2, 0.25) is 5.88 Å². The van der Waals surface area contributed by atoms with Crippen molar-refractivity contribution in [2.45, 2.75) is 13.5 Å². The third-order valence-corrected chi connectivity index (χ3v) is 4.38. The molecule has 0 aliphatic carbocycles. The van der Waals surface area contributed by atoms with Gasteiger partial charge in [-0.3, -0.25) is 0 Å². The number of hydrogen-bond donors (Lipinski definition) is 1. The Hall–Kier alpha value is -3.72. The van der Waals surface area contributed by atoms with Gasteiger partial charge in [0.15, 0.2) is 5.82 Å². The molecule has 3 aromatic rings. The van der Waals surface area contributed by atoms with Crippen LogP contribution in [0.3, 0.4) is 0 Å². The van der Waals surface area contributed by atoms with Crippen molar-refractivity contribution >= 4 is 5.97 Å². The fourth-order valence-corrected chi connectivity index (χ4v) is 2.71. The Labute approximate surface area is 179 Å². The lowest BCUT2D eigenvalue weighted by Gasteiger charge is -2.13. The zero-order chi connectivity index (χ0) is 22.2. The molecule has 0 amide bonds. The van der Waals surface area contributed by atoms with Crippen LogP contribution in [-0.2, 0) is 11.3 Å². The number of benzene rings is 1. The van der Waals surface area contributed by atoms with Crippen molar-refractivity contribution in [3.8, 4) is 28.8 Å². The van der Waals surface area contributed by atoms with E-state index in [0.717, 1.165) is 11.3 Å². The summed E-state index contributed by atoms with van der Waals surface area (Å²) in [5.41, 5.74) is 1.86. The topological polar surface area (TPSA) is 113 Å². The molecule has 9 nitrogen and oxygen atoms in total. The molecule has 0 fully saturated rings. The molecule has 31 heavy (non-hydrogen) atoms. The minimum atomic E-state index is -1.08. The van der Waals surface area contributed by atoms with Crippen LogP contribution >= 0.6 is 0 Å². The molecule has 0 atom stereocenters. The predicted octanol–water partition coefficient (Wildman–Crippen LogP) is 3.16. The molecular weight excluding hydrogens is 402 g/mol. The Bertz CT molecular complexity index is 1040. The average molecular weight is 425 g/mol. The molecule has 0 unspecified atom stereocenters. The van der Waals surface area contributed by atoms with Gasteiger partial charge in [-0.25, -0.2) is 19.7 Å². The molecule has 0 aliphatic heterocycles. The van der Waals surface area contributed by atoms with Gasteiger partial charge in [0.25, 0.3) is 0 Å². The number of hydrogen-bond acceptors (Lipinski definition) is 8. The fourth-order valence-electron chi connectivity index (χ4n) is 2.71. The first-order chi connectivity index (χ1) is 15.0. The lowest BCUT2D eigenvalue weighted by Crippen LogP contribution is -2.08. The minimum Gasteiger partial charge on any atom is -0.497 e. The van der Waals surface area contributed by atoms with E-state index in [-0.39, 0.29) is 5.56 Å². The highest BCUT2D eigenvalue weighted by Gasteiger charge is 2.16. The molecule has 0 radical (unpaired) electrons. The molecule has 3 rings (SSSR count). The summed E-state index contributed by atoms with van der Waals surface area (Å²) in [6.07, 6.45) is 2.81. The van der Waals surface area contributed by atoms with E-state index in [1.807, 2.05) is 24.3 Å². The van der Waals surface area contributed by atoms with Crippen molar-refractivity contribution in [3.05, 3.63) is 59.5 Å². The van der Waals surface area contributed by atoms with E-state index in [0.29, 0.717) is 48.5 Å². The fraction of sp³-hybridized carbons (Fsp3) is 0.273. The third kappa shape index (κ3) is 5.67. The monoisotopic (exact) mass is 425 g/mol. The number of aromatic carboxylic acids is 1. The van der Waals surface area contributed by atoms with E-state index in [9.17, 15) is 9.90 Å². The second kappa shape index (κ2) is 10.4. The van der Waals surface area contributed by atoms with E-state index in [2.05, 4.69) is 15.0 Å². The largest absolute Gasteiger partial charge is 0.497 e. The predicted molar refractivity (Wildman–Crippen MR) is 112 cm³/mol. The first-order valence-electron chi connectivity index (χ1n) is 9.46. The number of aryl methyl sites for hydroxylation is 1. The third-order valence-electron chi connectivity index (χ3n) is 4.38. The molecule has 0 bridgehead atoms. The van der Waals surface area contributed by atoms with Gasteiger partial charge in [0, 0.05) is 25.6 Å². The highest BCUT2D eigenvalue weighted by atomic mass is 16.5. The summed E-state index contributed by atoms with van der Waals surface area (Å²) < 4.78 is 21.8. The number of rotatable bonds is 10. The van der Waals surface area contributed by atoms with Crippen LogP contribution in [0.4, 0.5) is 0 Å². The molecule has 0 aliphatic rings. The number of nitrogens with zero attached hydrogens (tertiary/aromatic N) is 3. The second-order valence-electron chi connectivity index (χ2n) is 6.49. The number of carboxylic acids is 1. The van der Waals surface area contributed by atoms with Crippen LogP contribution < -0.4 is 14.2 Å². The van der Waals surface area contributed by atoms with Gasteiger partial charge in [0.05, 0.1) is 30.5 Å². The maximum absolute atomic E-state index is 11.2. The molecule has 0 spiro atoms. The number of carbonyl (C=O) groups is 1. The Morgan fingerprint density at radius 1 is 1.03 bits per heavy atom. The maximum Gasteiger partial charge on any atom is 0.339 e. The van der Waals surface area contributed by atoms with Crippen molar-refractivity contribution in [1.29, 1.82) is 0 Å². The van der Waals surface area contributed by atoms with E-state index in [1.165, 1.54) is 6.20 Å². The van der Waals surface area contributed by atoms with Crippen LogP contribution in [0.15, 0.2) is 42.7 Å². The van der Waals surface area contributed by atoms with Crippen LogP contribution in [0.25, 0.3) is 11.4 Å². The zero-order valence-electron chi connectivity index (χ0n) is 17.5. The molecule has 0 saturated carbocycles. The van der Waals surface area contributed by atoms with Gasteiger partial charge in [-0.05, 0) is 24.6 Å². The number of methoxy groups -OCH3 is 2. The summed E-state index contributed by atoms with van der Waals surface area (Å²) in [6, 6.07) is 9.18. The Kier molecular flexibility index (Phi) is 7.34. The normalized spacial score (nSPS) is 10.5. The molecule has 2 heterocycles. The number of aromatic nitrogens is 3. The lowest BCUT2D eigenvalue weighted by molar-refractivity contribution is 0.0695.